The molecule has 0 aromatic rings. The second-order valence-corrected chi connectivity index (χ2v) is 5.61. The van der Waals surface area contributed by atoms with E-state index in [2.05, 4.69) is 10.3 Å². The van der Waals surface area contributed by atoms with Gasteiger partial charge in [0.2, 0.25) is 14.9 Å². The zero-order valence-corrected chi connectivity index (χ0v) is 9.90. The lowest BCUT2D eigenvalue weighted by atomic mass is 10.3. The van der Waals surface area contributed by atoms with Crippen molar-refractivity contribution in [3.8, 4) is 0 Å². The molecular weight excluding hydrogens is 246 g/mol. The van der Waals surface area contributed by atoms with Gasteiger partial charge in [0, 0.05) is 32.7 Å². The molecule has 0 radical (unpaired) electrons. The summed E-state index contributed by atoms with van der Waals surface area (Å²) < 4.78 is 22.9. The minimum absolute atomic E-state index is 0.296. The summed E-state index contributed by atoms with van der Waals surface area (Å²) in [6.45, 7) is 3.66. The first-order chi connectivity index (χ1) is 7.99. The fourth-order valence-electron chi connectivity index (χ4n) is 1.80. The first kappa shape index (κ1) is 12.2. The van der Waals surface area contributed by atoms with Crippen LogP contribution in [0.25, 0.3) is 0 Å². The molecular formula is C9H13N3O4S. The second-order valence-electron chi connectivity index (χ2n) is 3.90. The minimum atomic E-state index is -3.84. The number of carboxylic acids is 1. The third kappa shape index (κ3) is 2.71. The van der Waals surface area contributed by atoms with Gasteiger partial charge in [-0.3, -0.25) is 4.90 Å². The summed E-state index contributed by atoms with van der Waals surface area (Å²) in [7, 11) is -3.84. The predicted octanol–water partition coefficient (Wildman–Crippen LogP) is -1.36. The Morgan fingerprint density at radius 3 is 2.65 bits per heavy atom. The van der Waals surface area contributed by atoms with Gasteiger partial charge in [0.05, 0.1) is 11.1 Å². The molecule has 0 bridgehead atoms. The Balaban J connectivity index is 2.10. The van der Waals surface area contributed by atoms with E-state index in [0.29, 0.717) is 12.2 Å². The number of rotatable bonds is 3. The van der Waals surface area contributed by atoms with Gasteiger partial charge in [0.1, 0.15) is 0 Å². The van der Waals surface area contributed by atoms with E-state index in [0.717, 1.165) is 31.6 Å². The monoisotopic (exact) mass is 259 g/mol. The minimum Gasteiger partial charge on any atom is -0.476 e. The van der Waals surface area contributed by atoms with E-state index in [4.69, 9.17) is 5.11 Å². The fourth-order valence-corrected chi connectivity index (χ4v) is 2.88. The van der Waals surface area contributed by atoms with Gasteiger partial charge in [-0.15, -0.1) is 0 Å². The highest BCUT2D eigenvalue weighted by Crippen LogP contribution is 2.16. The molecule has 2 aliphatic heterocycles. The van der Waals surface area contributed by atoms with Crippen LogP contribution >= 0.6 is 0 Å². The number of carbonyl (C=O) groups is 1. The lowest BCUT2D eigenvalue weighted by Gasteiger charge is -2.26. The van der Waals surface area contributed by atoms with Gasteiger partial charge >= 0.3 is 5.97 Å². The fraction of sp³-hybridized carbons (Fsp3) is 0.556. The Kier molecular flexibility index (Phi) is 3.27. The van der Waals surface area contributed by atoms with Crippen LogP contribution in [0.3, 0.4) is 0 Å². The molecule has 0 aromatic heterocycles. The molecule has 0 amide bonds. The summed E-state index contributed by atoms with van der Waals surface area (Å²) in [5, 5.41) is 12.0. The van der Waals surface area contributed by atoms with E-state index in [9.17, 15) is 13.2 Å². The molecule has 8 heteroatoms. The van der Waals surface area contributed by atoms with Gasteiger partial charge in [-0.2, -0.15) is 0 Å². The quantitative estimate of drug-likeness (QED) is 0.650. The highest BCUT2D eigenvalue weighted by atomic mass is 32.2. The summed E-state index contributed by atoms with van der Waals surface area (Å²) in [6.07, 6.45) is 0. The molecule has 0 aliphatic carbocycles. The smallest absolute Gasteiger partial charge is 0.366 e. The van der Waals surface area contributed by atoms with Crippen molar-refractivity contribution < 1.29 is 18.3 Å². The van der Waals surface area contributed by atoms with Gasteiger partial charge in [-0.05, 0) is 0 Å². The third-order valence-corrected chi connectivity index (χ3v) is 3.97. The summed E-state index contributed by atoms with van der Waals surface area (Å²) in [5.74, 6) is -1.50. The highest BCUT2D eigenvalue weighted by Gasteiger charge is 2.31. The summed E-state index contributed by atoms with van der Waals surface area (Å²) in [5.41, 5.74) is 0.296. The number of aliphatic carboxylic acids is 1. The normalized spacial score (nSPS) is 24.2. The van der Waals surface area contributed by atoms with Gasteiger partial charge in [0.25, 0.3) is 0 Å². The number of nitrogens with zero attached hydrogens (tertiary/aromatic N) is 2. The zero-order chi connectivity index (χ0) is 12.5. The highest BCUT2D eigenvalue weighted by molar-refractivity contribution is 8.11. The molecule has 2 N–H and O–H groups in total. The molecule has 94 valence electrons. The summed E-state index contributed by atoms with van der Waals surface area (Å²) in [4.78, 5) is 16.4. The second kappa shape index (κ2) is 4.55. The number of hydrogen-bond acceptors (Lipinski definition) is 6. The Hall–Kier alpha value is -1.25. The molecule has 0 spiro atoms. The van der Waals surface area contributed by atoms with Crippen molar-refractivity contribution in [3.05, 3.63) is 11.1 Å². The van der Waals surface area contributed by atoms with Crippen molar-refractivity contribution in [2.45, 2.75) is 0 Å². The first-order valence-corrected chi connectivity index (χ1v) is 6.74. The maximum Gasteiger partial charge on any atom is 0.366 e. The van der Waals surface area contributed by atoms with Gasteiger partial charge < -0.3 is 10.4 Å². The van der Waals surface area contributed by atoms with Crippen LogP contribution in [0.2, 0.25) is 0 Å². The molecule has 2 rings (SSSR count). The molecule has 1 fully saturated rings. The molecule has 0 atom stereocenters. The van der Waals surface area contributed by atoms with Crippen molar-refractivity contribution in [1.29, 1.82) is 0 Å². The average molecular weight is 259 g/mol. The molecule has 0 saturated carbocycles. The van der Waals surface area contributed by atoms with Crippen LogP contribution in [0.1, 0.15) is 0 Å². The lowest BCUT2D eigenvalue weighted by Crippen LogP contribution is -2.43. The zero-order valence-electron chi connectivity index (χ0n) is 9.09. The summed E-state index contributed by atoms with van der Waals surface area (Å²) in [6, 6.07) is 0. The third-order valence-electron chi connectivity index (χ3n) is 2.58. The topological polar surface area (TPSA) is 99.1 Å². The molecule has 17 heavy (non-hydrogen) atoms. The number of nitrogens with one attached hydrogen (secondary N) is 1. The van der Waals surface area contributed by atoms with Gasteiger partial charge in [0.15, 0.2) is 0 Å². The van der Waals surface area contributed by atoms with Crippen molar-refractivity contribution in [1.82, 2.24) is 10.2 Å². The van der Waals surface area contributed by atoms with Crippen molar-refractivity contribution in [2.75, 3.05) is 32.7 Å². The predicted molar refractivity (Wildman–Crippen MR) is 61.4 cm³/mol. The number of carboxylic acid groups (broad SMARTS) is 1. The van der Waals surface area contributed by atoms with Crippen LogP contribution in [-0.4, -0.2) is 62.2 Å². The molecule has 1 saturated heterocycles. The molecule has 2 heterocycles. The first-order valence-electron chi connectivity index (χ1n) is 5.20. The largest absolute Gasteiger partial charge is 0.476 e. The number of piperazine rings is 1. The van der Waals surface area contributed by atoms with Crippen LogP contribution in [-0.2, 0) is 14.6 Å². The number of aliphatic imine (C=N–C) groups is 1. The van der Waals surface area contributed by atoms with Gasteiger partial charge in [-0.25, -0.2) is 18.2 Å². The van der Waals surface area contributed by atoms with E-state index in [-0.39, 0.29) is 0 Å². The maximum absolute atomic E-state index is 11.4. The molecule has 2 aliphatic rings. The molecule has 7 nitrogen and oxygen atoms in total. The Morgan fingerprint density at radius 2 is 2.12 bits per heavy atom. The van der Waals surface area contributed by atoms with E-state index < -0.39 is 20.9 Å². The van der Waals surface area contributed by atoms with E-state index in [1.807, 2.05) is 4.90 Å². The van der Waals surface area contributed by atoms with Crippen molar-refractivity contribution in [2.24, 2.45) is 4.99 Å². The van der Waals surface area contributed by atoms with E-state index in [1.54, 1.807) is 0 Å². The maximum atomic E-state index is 11.4. The molecule has 0 unspecified atom stereocenters. The van der Waals surface area contributed by atoms with Crippen molar-refractivity contribution >= 4 is 20.9 Å². The van der Waals surface area contributed by atoms with E-state index >= 15 is 0 Å². The van der Waals surface area contributed by atoms with Gasteiger partial charge in [-0.1, -0.05) is 0 Å². The standard InChI is InChI=1S/C9H13N3O4S/c13-9(14)8-11-7(6-17(8,15)16)5-12-3-1-10-2-4-12/h6,10H,1-5H2,(H,13,14). The number of sulfone groups is 1. The van der Waals surface area contributed by atoms with Crippen LogP contribution < -0.4 is 5.32 Å². The van der Waals surface area contributed by atoms with Crippen LogP contribution in [0.15, 0.2) is 16.1 Å². The average Bonchev–Trinajstić information content (AvgIpc) is 2.55. The van der Waals surface area contributed by atoms with Crippen molar-refractivity contribution in [3.63, 3.8) is 0 Å². The number of hydrogen-bond donors (Lipinski definition) is 2. The van der Waals surface area contributed by atoms with E-state index in [1.165, 1.54) is 0 Å². The summed E-state index contributed by atoms with van der Waals surface area (Å²) >= 11 is 0. The van der Waals surface area contributed by atoms with Crippen LogP contribution in [0, 0.1) is 0 Å². The van der Waals surface area contributed by atoms with Crippen LogP contribution in [0.5, 0.6) is 0 Å². The Morgan fingerprint density at radius 1 is 1.47 bits per heavy atom. The Labute approximate surface area is 98.7 Å². The lowest BCUT2D eigenvalue weighted by molar-refractivity contribution is -0.129. The SMILES string of the molecule is O=C(O)C1=NC(CN2CCNCC2)=CS1(=O)=O. The van der Waals surface area contributed by atoms with Crippen LogP contribution in [0.4, 0.5) is 0 Å². The molecule has 0 aromatic carbocycles. The Bertz CT molecular complexity index is 488.